The fraction of sp³-hybridized carbons (Fsp3) is 0.698. The zero-order valence-electron chi connectivity index (χ0n) is 39.2. The van der Waals surface area contributed by atoms with Gasteiger partial charge in [0, 0.05) is 30.3 Å². The Balaban J connectivity index is 1.39. The van der Waals surface area contributed by atoms with Gasteiger partial charge in [0.25, 0.3) is 0 Å². The predicted octanol–water partition coefficient (Wildman–Crippen LogP) is 14.1. The molecule has 3 rings (SSSR count). The third-order valence-corrected chi connectivity index (χ3v) is 13.4. The monoisotopic (exact) mass is 894 g/mol. The van der Waals surface area contributed by atoms with Crippen LogP contribution in [0.25, 0.3) is 11.1 Å². The van der Waals surface area contributed by atoms with E-state index in [1.54, 1.807) is 0 Å². The molecule has 0 radical (unpaired) electrons. The van der Waals surface area contributed by atoms with E-state index in [1.807, 2.05) is 36.4 Å². The Kier molecular flexibility index (Phi) is 29.7. The van der Waals surface area contributed by atoms with Gasteiger partial charge in [-0.25, -0.2) is 9.59 Å². The van der Waals surface area contributed by atoms with Crippen LogP contribution in [0.15, 0.2) is 48.5 Å². The van der Waals surface area contributed by atoms with E-state index < -0.39 is 24.2 Å². The summed E-state index contributed by atoms with van der Waals surface area (Å²) < 4.78 is 17.0. The summed E-state index contributed by atoms with van der Waals surface area (Å²) in [5, 5.41) is 12.5. The Morgan fingerprint density at radius 1 is 0.556 bits per heavy atom. The lowest BCUT2D eigenvalue weighted by atomic mass is 9.98. The Morgan fingerprint density at radius 2 is 0.968 bits per heavy atom. The number of carboxylic acid groups (broad SMARTS) is 1. The van der Waals surface area contributed by atoms with Gasteiger partial charge in [-0.05, 0) is 35.1 Å². The molecule has 0 aromatic heterocycles. The van der Waals surface area contributed by atoms with Crippen molar-refractivity contribution in [3.05, 3.63) is 59.7 Å². The first-order valence-corrected chi connectivity index (χ1v) is 26.3. The zero-order chi connectivity index (χ0) is 45.2. The van der Waals surface area contributed by atoms with Crippen LogP contribution in [-0.2, 0) is 28.6 Å². The van der Waals surface area contributed by atoms with E-state index in [1.165, 1.54) is 140 Å². The van der Waals surface area contributed by atoms with E-state index in [2.05, 4.69) is 31.3 Å². The molecule has 9 nitrogen and oxygen atoms in total. The van der Waals surface area contributed by atoms with Crippen molar-refractivity contribution in [1.82, 2.24) is 5.32 Å². The Morgan fingerprint density at radius 3 is 1.41 bits per heavy atom. The Hall–Kier alpha value is -3.53. The van der Waals surface area contributed by atoms with Gasteiger partial charge in [-0.1, -0.05) is 216 Å². The van der Waals surface area contributed by atoms with Gasteiger partial charge in [-0.2, -0.15) is 11.8 Å². The lowest BCUT2D eigenvalue weighted by Gasteiger charge is -2.20. The topological polar surface area (TPSA) is 128 Å². The second-order valence-corrected chi connectivity index (χ2v) is 18.8. The normalized spacial score (nSPS) is 12.9. The fourth-order valence-electron chi connectivity index (χ4n) is 8.47. The van der Waals surface area contributed by atoms with Crippen LogP contribution >= 0.6 is 11.8 Å². The number of fused-ring (bicyclic) bond motifs is 3. The standard InChI is InChI=1S/C53H83NO8S/c1-3-5-7-9-11-13-15-17-19-21-23-25-27-37-50(55)60-39-43(62-51(56)38-28-26-24-22-20-18-16-14-12-10-8-6-4-2)41-63-42-49(52(57)58)54-53(59)61-40-48-46-35-31-29-33-44(46)45-34-30-32-36-47(45)48/h29-36,43,48-49H,3-28,37-42H2,1-2H3,(H,54,59)(H,57,58). The second-order valence-electron chi connectivity index (χ2n) is 17.7. The van der Waals surface area contributed by atoms with E-state index in [4.69, 9.17) is 14.2 Å². The molecule has 1 amide bonds. The molecule has 10 heteroatoms. The molecule has 2 N–H and O–H groups in total. The Bertz CT molecular complexity index is 1500. The summed E-state index contributed by atoms with van der Waals surface area (Å²) in [5.74, 6) is -1.78. The molecule has 1 aliphatic rings. The molecule has 2 unspecified atom stereocenters. The number of hydrogen-bond acceptors (Lipinski definition) is 8. The van der Waals surface area contributed by atoms with Gasteiger partial charge >= 0.3 is 24.0 Å². The van der Waals surface area contributed by atoms with E-state index in [-0.39, 0.29) is 49.0 Å². The molecule has 0 bridgehead atoms. The van der Waals surface area contributed by atoms with Gasteiger partial charge in [-0.15, -0.1) is 0 Å². The number of unbranched alkanes of at least 4 members (excludes halogenated alkanes) is 24. The van der Waals surface area contributed by atoms with Crippen molar-refractivity contribution in [2.24, 2.45) is 0 Å². The highest BCUT2D eigenvalue weighted by Gasteiger charge is 2.30. The minimum Gasteiger partial charge on any atom is -0.480 e. The quantitative estimate of drug-likeness (QED) is 0.0383. The van der Waals surface area contributed by atoms with Crippen LogP contribution in [0.1, 0.15) is 211 Å². The van der Waals surface area contributed by atoms with Gasteiger partial charge in [0.05, 0.1) is 0 Å². The minimum absolute atomic E-state index is 0.0132. The Labute approximate surface area is 385 Å². The van der Waals surface area contributed by atoms with Crippen LogP contribution in [0.5, 0.6) is 0 Å². The number of aliphatic carboxylic acids is 1. The number of hydrogen-bond donors (Lipinski definition) is 2. The van der Waals surface area contributed by atoms with Crippen LogP contribution in [0.2, 0.25) is 0 Å². The highest BCUT2D eigenvalue weighted by Crippen LogP contribution is 2.44. The number of carbonyl (C=O) groups excluding carboxylic acids is 3. The van der Waals surface area contributed by atoms with Crippen LogP contribution in [0.4, 0.5) is 4.79 Å². The number of carboxylic acids is 1. The number of nitrogens with one attached hydrogen (secondary N) is 1. The first-order valence-electron chi connectivity index (χ1n) is 25.1. The molecule has 1 aliphatic carbocycles. The maximum absolute atomic E-state index is 13.0. The molecule has 2 atom stereocenters. The molecule has 2 aromatic carbocycles. The number of benzene rings is 2. The summed E-state index contributed by atoms with van der Waals surface area (Å²) in [4.78, 5) is 50.8. The number of rotatable bonds is 39. The summed E-state index contributed by atoms with van der Waals surface area (Å²) >= 11 is 1.22. The molecule has 0 spiro atoms. The van der Waals surface area contributed by atoms with Crippen molar-refractivity contribution in [2.75, 3.05) is 24.7 Å². The average Bonchev–Trinajstić information content (AvgIpc) is 3.60. The van der Waals surface area contributed by atoms with Crippen LogP contribution < -0.4 is 5.32 Å². The second kappa shape index (κ2) is 34.8. The van der Waals surface area contributed by atoms with E-state index in [9.17, 15) is 24.3 Å². The number of amides is 1. The molecule has 63 heavy (non-hydrogen) atoms. The first kappa shape index (κ1) is 53.8. The summed E-state index contributed by atoms with van der Waals surface area (Å²) in [7, 11) is 0. The summed E-state index contributed by atoms with van der Waals surface area (Å²) in [6.07, 6.45) is 30.8. The number of esters is 2. The van der Waals surface area contributed by atoms with Gasteiger partial charge in [0.1, 0.15) is 25.4 Å². The van der Waals surface area contributed by atoms with Crippen molar-refractivity contribution in [3.8, 4) is 11.1 Å². The SMILES string of the molecule is CCCCCCCCCCCCCCCC(=O)OCC(CSCC(NC(=O)OCC1c2ccccc2-c2ccccc21)C(=O)O)OC(=O)CCCCCCCCCCCCCCC. The number of alkyl carbamates (subject to hydrolysis) is 1. The average molecular weight is 894 g/mol. The third-order valence-electron chi connectivity index (χ3n) is 12.2. The summed E-state index contributed by atoms with van der Waals surface area (Å²) in [6.45, 7) is 4.48. The van der Waals surface area contributed by atoms with Crippen LogP contribution in [0.3, 0.4) is 0 Å². The molecule has 0 saturated heterocycles. The smallest absolute Gasteiger partial charge is 0.407 e. The molecule has 354 valence electrons. The van der Waals surface area contributed by atoms with Crippen LogP contribution in [-0.4, -0.2) is 66.0 Å². The van der Waals surface area contributed by atoms with Crippen molar-refractivity contribution in [3.63, 3.8) is 0 Å². The third kappa shape index (κ3) is 23.8. The highest BCUT2D eigenvalue weighted by molar-refractivity contribution is 7.99. The lowest BCUT2D eigenvalue weighted by molar-refractivity contribution is -0.157. The van der Waals surface area contributed by atoms with Gasteiger partial charge in [-0.3, -0.25) is 9.59 Å². The van der Waals surface area contributed by atoms with Gasteiger partial charge < -0.3 is 24.6 Å². The van der Waals surface area contributed by atoms with Gasteiger partial charge in [0.15, 0.2) is 0 Å². The zero-order valence-corrected chi connectivity index (χ0v) is 40.0. The largest absolute Gasteiger partial charge is 0.480 e. The van der Waals surface area contributed by atoms with Crippen molar-refractivity contribution >= 4 is 35.8 Å². The molecule has 0 aliphatic heterocycles. The maximum Gasteiger partial charge on any atom is 0.407 e. The van der Waals surface area contributed by atoms with Crippen molar-refractivity contribution < 1.29 is 38.5 Å². The molecule has 0 fully saturated rings. The lowest BCUT2D eigenvalue weighted by Crippen LogP contribution is -2.43. The summed E-state index contributed by atoms with van der Waals surface area (Å²) in [6, 6.07) is 14.8. The minimum atomic E-state index is -1.23. The van der Waals surface area contributed by atoms with Crippen LogP contribution in [0, 0.1) is 0 Å². The number of carbonyl (C=O) groups is 4. The van der Waals surface area contributed by atoms with E-state index in [0.717, 1.165) is 60.8 Å². The number of thioether (sulfide) groups is 1. The number of ether oxygens (including phenoxy) is 3. The van der Waals surface area contributed by atoms with Crippen molar-refractivity contribution in [1.29, 1.82) is 0 Å². The fourth-order valence-corrected chi connectivity index (χ4v) is 9.49. The first-order chi connectivity index (χ1) is 30.8. The van der Waals surface area contributed by atoms with Crippen molar-refractivity contribution in [2.45, 2.75) is 212 Å². The molecular weight excluding hydrogens is 811 g/mol. The molecular formula is C53H83NO8S. The van der Waals surface area contributed by atoms with E-state index >= 15 is 0 Å². The molecule has 0 heterocycles. The molecule has 2 aromatic rings. The highest BCUT2D eigenvalue weighted by atomic mass is 32.2. The molecule has 0 saturated carbocycles. The predicted molar refractivity (Wildman–Crippen MR) is 258 cm³/mol. The van der Waals surface area contributed by atoms with E-state index in [0.29, 0.717) is 6.42 Å². The summed E-state index contributed by atoms with van der Waals surface area (Å²) in [5.41, 5.74) is 4.34. The van der Waals surface area contributed by atoms with Gasteiger partial charge in [0.2, 0.25) is 0 Å². The maximum atomic E-state index is 13.0.